The van der Waals surface area contributed by atoms with Crippen LogP contribution in [0.15, 0.2) is 83.1 Å². The Morgan fingerprint density at radius 3 is 2.66 bits per heavy atom. The van der Waals surface area contributed by atoms with Crippen molar-refractivity contribution in [2.75, 3.05) is 17.0 Å². The van der Waals surface area contributed by atoms with E-state index in [1.54, 1.807) is 6.21 Å². The number of aryl methyl sites for hydroxylation is 1. The summed E-state index contributed by atoms with van der Waals surface area (Å²) in [5.41, 5.74) is 6.17. The molecule has 0 aliphatic carbocycles. The van der Waals surface area contributed by atoms with Crippen LogP contribution in [0.2, 0.25) is 5.02 Å². The van der Waals surface area contributed by atoms with Crippen LogP contribution in [0.3, 0.4) is 0 Å². The Morgan fingerprint density at radius 1 is 1.11 bits per heavy atom. The number of aromatic nitrogens is 3. The van der Waals surface area contributed by atoms with Crippen molar-refractivity contribution >= 4 is 41.3 Å². The van der Waals surface area contributed by atoms with E-state index in [2.05, 4.69) is 20.7 Å². The van der Waals surface area contributed by atoms with Crippen LogP contribution in [-0.2, 0) is 6.61 Å². The fraction of sp³-hybridized carbons (Fsp3) is 0.120. The number of ether oxygens (including phenoxy) is 1. The second-order valence-corrected chi connectivity index (χ2v) is 8.89. The first-order chi connectivity index (χ1) is 17.0. The number of anilines is 1. The van der Waals surface area contributed by atoms with Crippen molar-refractivity contribution in [2.24, 2.45) is 5.10 Å². The van der Waals surface area contributed by atoms with Gasteiger partial charge in [-0.05, 0) is 25.1 Å². The molecule has 0 fully saturated rings. The van der Waals surface area contributed by atoms with Crippen LogP contribution in [0.5, 0.6) is 5.75 Å². The van der Waals surface area contributed by atoms with Crippen molar-refractivity contribution in [1.29, 1.82) is 0 Å². The predicted molar refractivity (Wildman–Crippen MR) is 140 cm³/mol. The fourth-order valence-corrected chi connectivity index (χ4v) is 4.00. The van der Waals surface area contributed by atoms with Gasteiger partial charge in [-0.3, -0.25) is 4.79 Å². The normalized spacial score (nSPS) is 11.0. The maximum atomic E-state index is 12.4. The van der Waals surface area contributed by atoms with Crippen molar-refractivity contribution in [3.63, 3.8) is 0 Å². The molecule has 0 atom stereocenters. The monoisotopic (exact) mass is 506 g/mol. The Bertz CT molecular complexity index is 1340. The topological polar surface area (TPSA) is 107 Å². The van der Waals surface area contributed by atoms with Gasteiger partial charge in [0.1, 0.15) is 12.4 Å². The van der Waals surface area contributed by atoms with Gasteiger partial charge in [-0.15, -0.1) is 10.2 Å². The maximum absolute atomic E-state index is 12.4. The minimum absolute atomic E-state index is 0.0149. The molecule has 4 aromatic rings. The number of carbonyl (C=O) groups is 1. The van der Waals surface area contributed by atoms with Crippen molar-refractivity contribution in [2.45, 2.75) is 18.7 Å². The zero-order valence-corrected chi connectivity index (χ0v) is 20.5. The number of nitrogens with zero attached hydrogens (tertiary/aromatic N) is 4. The second kappa shape index (κ2) is 11.5. The molecule has 0 spiro atoms. The van der Waals surface area contributed by atoms with Gasteiger partial charge in [-0.2, -0.15) is 5.10 Å². The van der Waals surface area contributed by atoms with Crippen LogP contribution < -0.4 is 16.0 Å². The Labute approximate surface area is 212 Å². The molecule has 4 rings (SSSR count). The molecule has 8 nitrogen and oxygen atoms in total. The number of carbonyl (C=O) groups excluding carboxylic acids is 1. The highest BCUT2D eigenvalue weighted by Gasteiger charge is 2.13. The minimum Gasteiger partial charge on any atom is -0.488 e. The SMILES string of the molecule is Cc1ccc(C(=O)CSc2nnc(N/N=C/c3ccccc3OCc3ccccc3Cl)n2N)cc1. The number of hydrogen-bond donors (Lipinski definition) is 2. The number of benzene rings is 3. The molecule has 0 unspecified atom stereocenters. The van der Waals surface area contributed by atoms with Gasteiger partial charge >= 0.3 is 0 Å². The number of nitrogen functional groups attached to an aromatic ring is 1. The van der Waals surface area contributed by atoms with Crippen LogP contribution in [0.25, 0.3) is 0 Å². The van der Waals surface area contributed by atoms with E-state index in [-0.39, 0.29) is 17.5 Å². The van der Waals surface area contributed by atoms with Crippen molar-refractivity contribution in [3.05, 3.63) is 100 Å². The maximum Gasteiger partial charge on any atom is 0.264 e. The van der Waals surface area contributed by atoms with Gasteiger partial charge < -0.3 is 10.6 Å². The van der Waals surface area contributed by atoms with Crippen LogP contribution in [0.4, 0.5) is 5.95 Å². The van der Waals surface area contributed by atoms with Crippen molar-refractivity contribution in [1.82, 2.24) is 14.9 Å². The quantitative estimate of drug-likeness (QED) is 0.103. The Morgan fingerprint density at radius 2 is 1.86 bits per heavy atom. The summed E-state index contributed by atoms with van der Waals surface area (Å²) in [6.45, 7) is 2.31. The van der Waals surface area contributed by atoms with Crippen LogP contribution in [0, 0.1) is 6.92 Å². The van der Waals surface area contributed by atoms with E-state index in [0.717, 1.165) is 16.7 Å². The summed E-state index contributed by atoms with van der Waals surface area (Å²) < 4.78 is 7.19. The lowest BCUT2D eigenvalue weighted by molar-refractivity contribution is 0.102. The lowest BCUT2D eigenvalue weighted by atomic mass is 10.1. The standard InChI is InChI=1S/C25H23ClN6O2S/c1-17-10-12-18(13-11-17)22(33)16-35-25-31-30-24(32(25)27)29-28-14-19-6-3-5-9-23(19)34-15-20-7-2-4-8-21(20)26/h2-14H,15-16,27H2,1H3,(H,29,30)/b28-14+. The highest BCUT2D eigenvalue weighted by atomic mass is 35.5. The third-order valence-corrected chi connectivity index (χ3v) is 6.31. The van der Waals surface area contributed by atoms with Gasteiger partial charge in [0, 0.05) is 21.7 Å². The molecule has 0 aliphatic rings. The molecule has 0 saturated heterocycles. The molecule has 1 heterocycles. The number of nitrogens with two attached hydrogens (primary N) is 1. The zero-order chi connectivity index (χ0) is 24.6. The summed E-state index contributed by atoms with van der Waals surface area (Å²) in [5.74, 6) is 7.14. The molecule has 10 heteroatoms. The highest BCUT2D eigenvalue weighted by Crippen LogP contribution is 2.22. The second-order valence-electron chi connectivity index (χ2n) is 7.54. The summed E-state index contributed by atoms with van der Waals surface area (Å²) in [6.07, 6.45) is 1.60. The summed E-state index contributed by atoms with van der Waals surface area (Å²) in [7, 11) is 0. The van der Waals surface area contributed by atoms with Crippen LogP contribution in [0.1, 0.15) is 27.0 Å². The zero-order valence-electron chi connectivity index (χ0n) is 18.9. The van der Waals surface area contributed by atoms with Gasteiger partial charge in [-0.1, -0.05) is 83.5 Å². The van der Waals surface area contributed by atoms with Crippen LogP contribution in [-0.4, -0.2) is 32.6 Å². The van der Waals surface area contributed by atoms with E-state index in [1.165, 1.54) is 16.4 Å². The van der Waals surface area contributed by atoms with E-state index in [0.29, 0.717) is 28.1 Å². The number of rotatable bonds is 10. The largest absolute Gasteiger partial charge is 0.488 e. The average Bonchev–Trinajstić information content (AvgIpc) is 3.22. The molecule has 0 aliphatic heterocycles. The summed E-state index contributed by atoms with van der Waals surface area (Å²) >= 11 is 7.42. The number of nitrogens with one attached hydrogen (secondary N) is 1. The Hall–Kier alpha value is -3.82. The molecule has 1 aromatic heterocycles. The minimum atomic E-state index is -0.0149. The lowest BCUT2D eigenvalue weighted by Gasteiger charge is -2.10. The third kappa shape index (κ3) is 6.40. The van der Waals surface area contributed by atoms with E-state index >= 15 is 0 Å². The first-order valence-corrected chi connectivity index (χ1v) is 12.0. The summed E-state index contributed by atoms with van der Waals surface area (Å²) in [4.78, 5) is 12.4. The van der Waals surface area contributed by atoms with Gasteiger partial charge in [0.25, 0.3) is 5.95 Å². The van der Waals surface area contributed by atoms with Gasteiger partial charge in [0.2, 0.25) is 5.16 Å². The summed E-state index contributed by atoms with van der Waals surface area (Å²) in [6, 6.07) is 22.4. The van der Waals surface area contributed by atoms with E-state index < -0.39 is 0 Å². The first kappa shape index (κ1) is 24.3. The van der Waals surface area contributed by atoms with Gasteiger partial charge in [0.15, 0.2) is 5.78 Å². The Balaban J connectivity index is 1.35. The molecule has 0 bridgehead atoms. The number of hydrazone groups is 1. The molecule has 35 heavy (non-hydrogen) atoms. The number of halogens is 1. The molecule has 0 saturated carbocycles. The third-order valence-electron chi connectivity index (χ3n) is 5.00. The number of ketones is 1. The smallest absolute Gasteiger partial charge is 0.264 e. The number of Topliss-reactive ketones (excluding diaryl/α,β-unsaturated/α-hetero) is 1. The van der Waals surface area contributed by atoms with Gasteiger partial charge in [0.05, 0.1) is 12.0 Å². The molecular weight excluding hydrogens is 484 g/mol. The fourth-order valence-electron chi connectivity index (χ4n) is 3.05. The van der Waals surface area contributed by atoms with E-state index in [9.17, 15) is 4.79 Å². The molecular formula is C25H23ClN6O2S. The molecule has 0 radical (unpaired) electrons. The average molecular weight is 507 g/mol. The number of para-hydroxylation sites is 1. The lowest BCUT2D eigenvalue weighted by Crippen LogP contribution is -2.14. The van der Waals surface area contributed by atoms with Crippen molar-refractivity contribution < 1.29 is 9.53 Å². The molecule has 0 amide bonds. The van der Waals surface area contributed by atoms with Gasteiger partial charge in [-0.25, -0.2) is 10.1 Å². The molecule has 3 aromatic carbocycles. The van der Waals surface area contributed by atoms with E-state index in [1.807, 2.05) is 79.7 Å². The molecule has 3 N–H and O–H groups in total. The number of thioether (sulfide) groups is 1. The predicted octanol–water partition coefficient (Wildman–Crippen LogP) is 4.95. The van der Waals surface area contributed by atoms with E-state index in [4.69, 9.17) is 22.2 Å². The van der Waals surface area contributed by atoms with Crippen molar-refractivity contribution in [3.8, 4) is 5.75 Å². The van der Waals surface area contributed by atoms with Crippen LogP contribution >= 0.6 is 23.4 Å². The first-order valence-electron chi connectivity index (χ1n) is 10.7. The number of hydrogen-bond acceptors (Lipinski definition) is 8. The molecule has 178 valence electrons. The highest BCUT2D eigenvalue weighted by molar-refractivity contribution is 7.99. The Kier molecular flexibility index (Phi) is 8.02. The summed E-state index contributed by atoms with van der Waals surface area (Å²) in [5, 5.41) is 13.3.